The molecule has 0 aliphatic carbocycles. The third kappa shape index (κ3) is 5.22. The highest BCUT2D eigenvalue weighted by Crippen LogP contribution is 2.24. The van der Waals surface area contributed by atoms with Crippen LogP contribution >= 0.6 is 0 Å². The van der Waals surface area contributed by atoms with Gasteiger partial charge >= 0.3 is 0 Å². The largest absolute Gasteiger partial charge is 0.493 e. The third-order valence-electron chi connectivity index (χ3n) is 4.90. The van der Waals surface area contributed by atoms with Crippen molar-refractivity contribution in [1.29, 1.82) is 0 Å². The summed E-state index contributed by atoms with van der Waals surface area (Å²) in [4.78, 5) is 7.07. The maximum Gasteiger partial charge on any atom is 0.126 e. The zero-order valence-electron chi connectivity index (χ0n) is 16.5. The minimum atomic E-state index is 0.777. The second-order valence-electron chi connectivity index (χ2n) is 6.99. The summed E-state index contributed by atoms with van der Waals surface area (Å²) in [6, 6.07) is 16.7. The standard InChI is InChI=1S/C24H30N2O/c1-3-4-5-10-19-27-24-14-9-6-11-20(24)15-16-22-21-12-7-8-13-23(21)26(2)18-17-25-22/h6-9,11-16H,3-5,10,17-19H2,1-2H3. The fourth-order valence-corrected chi connectivity index (χ4v) is 3.32. The number of nitrogens with zero attached hydrogens (tertiary/aromatic N) is 2. The van der Waals surface area contributed by atoms with E-state index < -0.39 is 0 Å². The van der Waals surface area contributed by atoms with Gasteiger partial charge in [0, 0.05) is 30.4 Å². The minimum Gasteiger partial charge on any atom is -0.493 e. The van der Waals surface area contributed by atoms with Crippen LogP contribution in [0.5, 0.6) is 5.75 Å². The molecule has 0 N–H and O–H groups in total. The van der Waals surface area contributed by atoms with Crippen molar-refractivity contribution in [3.05, 3.63) is 65.7 Å². The molecule has 0 radical (unpaired) electrons. The van der Waals surface area contributed by atoms with Crippen molar-refractivity contribution in [1.82, 2.24) is 0 Å². The molecule has 2 aromatic carbocycles. The fourth-order valence-electron chi connectivity index (χ4n) is 3.32. The molecule has 0 fully saturated rings. The van der Waals surface area contributed by atoms with E-state index in [0.717, 1.165) is 43.1 Å². The lowest BCUT2D eigenvalue weighted by Crippen LogP contribution is -2.20. The van der Waals surface area contributed by atoms with Crippen LogP contribution in [0.4, 0.5) is 5.69 Å². The van der Waals surface area contributed by atoms with Crippen LogP contribution in [0.15, 0.2) is 59.6 Å². The van der Waals surface area contributed by atoms with Gasteiger partial charge in [0.1, 0.15) is 5.75 Å². The highest BCUT2D eigenvalue weighted by Gasteiger charge is 2.13. The molecule has 1 aliphatic rings. The Morgan fingerprint density at radius 2 is 1.81 bits per heavy atom. The van der Waals surface area contributed by atoms with E-state index in [-0.39, 0.29) is 0 Å². The number of fused-ring (bicyclic) bond motifs is 1. The second-order valence-corrected chi connectivity index (χ2v) is 6.99. The van der Waals surface area contributed by atoms with Gasteiger partial charge in [0.15, 0.2) is 0 Å². The number of unbranched alkanes of at least 4 members (excludes halogenated alkanes) is 3. The van der Waals surface area contributed by atoms with Gasteiger partial charge in [-0.1, -0.05) is 62.6 Å². The van der Waals surface area contributed by atoms with Crippen molar-refractivity contribution in [2.75, 3.05) is 31.6 Å². The molecule has 3 nitrogen and oxygen atoms in total. The first-order valence-corrected chi connectivity index (χ1v) is 10.0. The summed E-state index contributed by atoms with van der Waals surface area (Å²) in [7, 11) is 2.13. The molecule has 0 amide bonds. The van der Waals surface area contributed by atoms with E-state index in [1.807, 2.05) is 6.07 Å². The zero-order valence-corrected chi connectivity index (χ0v) is 16.5. The Hall–Kier alpha value is -2.55. The third-order valence-corrected chi connectivity index (χ3v) is 4.90. The summed E-state index contributed by atoms with van der Waals surface area (Å²) in [5.74, 6) is 0.949. The number of hydrogen-bond acceptors (Lipinski definition) is 3. The highest BCUT2D eigenvalue weighted by molar-refractivity contribution is 6.14. The number of rotatable bonds is 8. The Morgan fingerprint density at radius 3 is 2.70 bits per heavy atom. The summed E-state index contributed by atoms with van der Waals surface area (Å²) in [5.41, 5.74) is 4.56. The lowest BCUT2D eigenvalue weighted by molar-refractivity contribution is 0.304. The Morgan fingerprint density at radius 1 is 1.00 bits per heavy atom. The van der Waals surface area contributed by atoms with Gasteiger partial charge in [0.2, 0.25) is 0 Å². The molecule has 2 aromatic rings. The van der Waals surface area contributed by atoms with Crippen LogP contribution in [0.1, 0.15) is 43.7 Å². The minimum absolute atomic E-state index is 0.777. The maximum atomic E-state index is 6.04. The number of benzodiazepines with no additional fused rings is 1. The monoisotopic (exact) mass is 362 g/mol. The number of ether oxygens (including phenoxy) is 1. The second kappa shape index (κ2) is 9.96. The number of allylic oxidation sites excluding steroid dienone is 1. The Labute approximate surface area is 163 Å². The van der Waals surface area contributed by atoms with Crippen molar-refractivity contribution in [2.24, 2.45) is 4.99 Å². The van der Waals surface area contributed by atoms with E-state index >= 15 is 0 Å². The Bertz CT molecular complexity index is 794. The molecule has 0 spiro atoms. The van der Waals surface area contributed by atoms with Crippen LogP contribution in [-0.4, -0.2) is 32.5 Å². The zero-order chi connectivity index (χ0) is 18.9. The van der Waals surface area contributed by atoms with Crippen LogP contribution < -0.4 is 9.64 Å². The Kier molecular flexibility index (Phi) is 7.09. The number of likely N-dealkylation sites (N-methyl/N-ethyl adjacent to an activating group) is 1. The first-order chi connectivity index (χ1) is 13.3. The lowest BCUT2D eigenvalue weighted by atomic mass is 10.1. The number of anilines is 1. The van der Waals surface area contributed by atoms with E-state index in [0.29, 0.717) is 0 Å². The van der Waals surface area contributed by atoms with Gasteiger partial charge in [0.25, 0.3) is 0 Å². The van der Waals surface area contributed by atoms with E-state index in [1.165, 1.54) is 30.5 Å². The molecule has 27 heavy (non-hydrogen) atoms. The van der Waals surface area contributed by atoms with Gasteiger partial charge in [-0.15, -0.1) is 0 Å². The first kappa shape index (κ1) is 19.2. The molecule has 0 unspecified atom stereocenters. The summed E-state index contributed by atoms with van der Waals surface area (Å²) >= 11 is 0. The topological polar surface area (TPSA) is 24.8 Å². The maximum absolute atomic E-state index is 6.04. The molecular weight excluding hydrogens is 332 g/mol. The normalized spacial score (nSPS) is 14.0. The van der Waals surface area contributed by atoms with Gasteiger partial charge in [-0.25, -0.2) is 0 Å². The molecule has 3 heteroatoms. The van der Waals surface area contributed by atoms with Crippen LogP contribution in [0, 0.1) is 0 Å². The van der Waals surface area contributed by atoms with Crippen LogP contribution in [-0.2, 0) is 0 Å². The molecule has 0 aromatic heterocycles. The fraction of sp³-hybridized carbons (Fsp3) is 0.375. The number of para-hydroxylation sites is 2. The van der Waals surface area contributed by atoms with E-state index in [9.17, 15) is 0 Å². The summed E-state index contributed by atoms with van der Waals surface area (Å²) in [6.07, 6.45) is 9.12. The molecule has 3 rings (SSSR count). The summed E-state index contributed by atoms with van der Waals surface area (Å²) in [6.45, 7) is 4.75. The van der Waals surface area contributed by atoms with Crippen molar-refractivity contribution in [2.45, 2.75) is 32.6 Å². The number of hydrogen-bond donors (Lipinski definition) is 0. The number of aliphatic imine (C=N–C) groups is 1. The average Bonchev–Trinajstić information content (AvgIpc) is 2.86. The van der Waals surface area contributed by atoms with E-state index in [2.05, 4.69) is 73.5 Å². The average molecular weight is 363 g/mol. The smallest absolute Gasteiger partial charge is 0.126 e. The van der Waals surface area contributed by atoms with Crippen LogP contribution in [0.2, 0.25) is 0 Å². The molecule has 1 heterocycles. The summed E-state index contributed by atoms with van der Waals surface area (Å²) in [5, 5.41) is 0. The molecule has 0 atom stereocenters. The van der Waals surface area contributed by atoms with E-state index in [4.69, 9.17) is 9.73 Å². The molecule has 0 bridgehead atoms. The van der Waals surface area contributed by atoms with Gasteiger partial charge in [-0.05, 0) is 30.7 Å². The molecule has 1 aliphatic heterocycles. The number of benzene rings is 2. The molecule has 0 saturated heterocycles. The quantitative estimate of drug-likeness (QED) is 0.571. The predicted octanol–water partition coefficient (Wildman–Crippen LogP) is 5.60. The van der Waals surface area contributed by atoms with Crippen LogP contribution in [0.25, 0.3) is 6.08 Å². The van der Waals surface area contributed by atoms with Gasteiger partial charge < -0.3 is 9.64 Å². The van der Waals surface area contributed by atoms with Crippen molar-refractivity contribution < 1.29 is 4.74 Å². The van der Waals surface area contributed by atoms with Gasteiger partial charge in [-0.2, -0.15) is 0 Å². The van der Waals surface area contributed by atoms with E-state index in [1.54, 1.807) is 0 Å². The summed E-state index contributed by atoms with van der Waals surface area (Å²) < 4.78 is 6.04. The lowest BCUT2D eigenvalue weighted by Gasteiger charge is -2.18. The molecule has 0 saturated carbocycles. The SMILES string of the molecule is CCCCCCOc1ccccc1C=CC1=NCCN(C)c2ccccc21. The van der Waals surface area contributed by atoms with Gasteiger partial charge in [-0.3, -0.25) is 4.99 Å². The molecular formula is C24H30N2O. The highest BCUT2D eigenvalue weighted by atomic mass is 16.5. The Balaban J connectivity index is 1.74. The van der Waals surface area contributed by atoms with Crippen molar-refractivity contribution in [3.8, 4) is 5.75 Å². The first-order valence-electron chi connectivity index (χ1n) is 10.0. The predicted molar refractivity (Wildman–Crippen MR) is 116 cm³/mol. The molecule has 142 valence electrons. The van der Waals surface area contributed by atoms with Gasteiger partial charge in [0.05, 0.1) is 18.9 Å². The van der Waals surface area contributed by atoms with Crippen molar-refractivity contribution >= 4 is 17.5 Å². The van der Waals surface area contributed by atoms with Crippen molar-refractivity contribution in [3.63, 3.8) is 0 Å². The van der Waals surface area contributed by atoms with Crippen LogP contribution in [0.3, 0.4) is 0 Å².